The molecular formula is C48H35NSi. The first-order valence-electron chi connectivity index (χ1n) is 17.3. The minimum absolute atomic E-state index is 1.13. The van der Waals surface area contributed by atoms with Gasteiger partial charge in [-0.15, -0.1) is 0 Å². The number of fused-ring (bicyclic) bond motifs is 6. The highest BCUT2D eigenvalue weighted by Gasteiger charge is 2.43. The second kappa shape index (κ2) is 12.7. The number of rotatable bonds is 7. The maximum atomic E-state index is 2.42. The average molecular weight is 654 g/mol. The van der Waals surface area contributed by atoms with Gasteiger partial charge >= 0.3 is 0 Å². The first-order valence-corrected chi connectivity index (χ1v) is 19.3. The zero-order valence-corrected chi connectivity index (χ0v) is 28.7. The highest BCUT2D eigenvalue weighted by molar-refractivity contribution is 7.20. The molecule has 9 aromatic rings. The zero-order chi connectivity index (χ0) is 33.3. The normalized spacial score (nSPS) is 11.6. The molecule has 0 saturated carbocycles. The maximum absolute atomic E-state index is 2.90. The molecule has 0 fully saturated rings. The fraction of sp³-hybridized carbons (Fsp3) is 0. The summed E-state index contributed by atoms with van der Waals surface area (Å²) in [7, 11) is -2.90. The van der Waals surface area contributed by atoms with E-state index in [4.69, 9.17) is 0 Å². The van der Waals surface area contributed by atoms with Gasteiger partial charge in [0.2, 0.25) is 0 Å². The fourth-order valence-electron chi connectivity index (χ4n) is 8.07. The van der Waals surface area contributed by atoms with E-state index >= 15 is 0 Å². The summed E-state index contributed by atoms with van der Waals surface area (Å²) in [6.07, 6.45) is 0. The van der Waals surface area contributed by atoms with E-state index in [-0.39, 0.29) is 0 Å². The Kier molecular flexibility index (Phi) is 7.57. The van der Waals surface area contributed by atoms with Gasteiger partial charge in [0.05, 0.1) is 0 Å². The molecule has 0 atom stereocenters. The van der Waals surface area contributed by atoms with E-state index < -0.39 is 8.07 Å². The van der Waals surface area contributed by atoms with Crippen molar-refractivity contribution in [1.82, 2.24) is 0 Å². The summed E-state index contributed by atoms with van der Waals surface area (Å²) in [5.74, 6) is 0. The van der Waals surface area contributed by atoms with E-state index in [1.54, 1.807) is 0 Å². The Balaban J connectivity index is 1.38. The lowest BCUT2D eigenvalue weighted by Gasteiger charge is -2.36. The Morgan fingerprint density at radius 1 is 0.260 bits per heavy atom. The molecule has 0 N–H and O–H groups in total. The van der Waals surface area contributed by atoms with Gasteiger partial charge in [-0.1, -0.05) is 176 Å². The van der Waals surface area contributed by atoms with Crippen molar-refractivity contribution in [2.75, 3.05) is 4.90 Å². The van der Waals surface area contributed by atoms with Crippen molar-refractivity contribution in [3.8, 4) is 0 Å². The monoisotopic (exact) mass is 653 g/mol. The standard InChI is InChI=1S/C48H35NSi/c1-5-18-36(19-6-1)49(37-20-7-2-8-21-37)38-32-34-41(35-33-38)50(39-22-9-3-10-23-39,40-24-11-4-12-25-40)47-31-17-30-46-44-27-14-13-26-42(44)43-28-15-16-29-45(43)48(46)47/h1-35H. The van der Waals surface area contributed by atoms with E-state index in [1.807, 2.05) is 0 Å². The molecule has 0 aliphatic heterocycles. The number of benzene rings is 9. The molecule has 0 amide bonds. The molecule has 9 aromatic carbocycles. The molecule has 0 aliphatic rings. The van der Waals surface area contributed by atoms with Gasteiger partial charge in [0.1, 0.15) is 0 Å². The van der Waals surface area contributed by atoms with Crippen molar-refractivity contribution in [2.45, 2.75) is 0 Å². The van der Waals surface area contributed by atoms with Crippen LogP contribution >= 0.6 is 0 Å². The lowest BCUT2D eigenvalue weighted by molar-refractivity contribution is 1.28. The molecule has 0 aromatic heterocycles. The van der Waals surface area contributed by atoms with Gasteiger partial charge in [0.25, 0.3) is 0 Å². The minimum atomic E-state index is -2.90. The van der Waals surface area contributed by atoms with Crippen LogP contribution in [0.2, 0.25) is 0 Å². The fourth-order valence-corrected chi connectivity index (χ4v) is 13.0. The molecule has 0 bridgehead atoms. The Morgan fingerprint density at radius 2 is 0.600 bits per heavy atom. The highest BCUT2D eigenvalue weighted by atomic mass is 28.3. The third-order valence-corrected chi connectivity index (χ3v) is 15.0. The Bertz CT molecular complexity index is 2440. The van der Waals surface area contributed by atoms with Crippen LogP contribution in [0.3, 0.4) is 0 Å². The first-order chi connectivity index (χ1) is 24.8. The van der Waals surface area contributed by atoms with Crippen LogP contribution < -0.4 is 25.6 Å². The number of hydrogen-bond donors (Lipinski definition) is 0. The van der Waals surface area contributed by atoms with Gasteiger partial charge in [-0.2, -0.15) is 0 Å². The number of hydrogen-bond acceptors (Lipinski definition) is 1. The quantitative estimate of drug-likeness (QED) is 0.0940. The van der Waals surface area contributed by atoms with Crippen LogP contribution in [0, 0.1) is 0 Å². The molecule has 0 aliphatic carbocycles. The van der Waals surface area contributed by atoms with Gasteiger partial charge in [-0.3, -0.25) is 0 Å². The molecule has 50 heavy (non-hydrogen) atoms. The van der Waals surface area contributed by atoms with Crippen molar-refractivity contribution >= 4 is 78.2 Å². The summed E-state index contributed by atoms with van der Waals surface area (Å²) >= 11 is 0. The van der Waals surface area contributed by atoms with Crippen LogP contribution in [0.4, 0.5) is 17.1 Å². The zero-order valence-electron chi connectivity index (χ0n) is 27.7. The molecule has 0 saturated heterocycles. The van der Waals surface area contributed by atoms with Crippen molar-refractivity contribution in [2.24, 2.45) is 0 Å². The molecule has 0 heterocycles. The minimum Gasteiger partial charge on any atom is -0.311 e. The van der Waals surface area contributed by atoms with Gasteiger partial charge in [0.15, 0.2) is 8.07 Å². The van der Waals surface area contributed by atoms with E-state index in [9.17, 15) is 0 Å². The van der Waals surface area contributed by atoms with Crippen LogP contribution in [0.25, 0.3) is 32.3 Å². The maximum Gasteiger partial charge on any atom is 0.180 e. The summed E-state index contributed by atoms with van der Waals surface area (Å²) in [6.45, 7) is 0. The first kappa shape index (κ1) is 29.9. The summed E-state index contributed by atoms with van der Waals surface area (Å²) in [5.41, 5.74) is 3.39. The number of anilines is 3. The van der Waals surface area contributed by atoms with Crippen LogP contribution in [0.5, 0.6) is 0 Å². The van der Waals surface area contributed by atoms with Crippen molar-refractivity contribution in [3.05, 3.63) is 212 Å². The molecule has 2 heteroatoms. The highest BCUT2D eigenvalue weighted by Crippen LogP contribution is 2.36. The van der Waals surface area contributed by atoms with Gasteiger partial charge < -0.3 is 4.90 Å². The summed E-state index contributed by atoms with van der Waals surface area (Å²) in [4.78, 5) is 2.34. The Hall–Kier alpha value is -6.22. The van der Waals surface area contributed by atoms with Gasteiger partial charge in [0, 0.05) is 17.1 Å². The molecule has 0 unspecified atom stereocenters. The van der Waals surface area contributed by atoms with Crippen LogP contribution in [0.1, 0.15) is 0 Å². The summed E-state index contributed by atoms with van der Waals surface area (Å²) in [6, 6.07) is 78.2. The SMILES string of the molecule is c1ccc(N(c2ccccc2)c2ccc([Si](c3ccccc3)(c3ccccc3)c3cccc4c5ccccc5c5ccccc5c34)cc2)cc1. The van der Waals surface area contributed by atoms with Crippen LogP contribution in [-0.2, 0) is 0 Å². The topological polar surface area (TPSA) is 3.24 Å². The summed E-state index contributed by atoms with van der Waals surface area (Å²) < 4.78 is 0. The summed E-state index contributed by atoms with van der Waals surface area (Å²) in [5, 5.41) is 13.3. The van der Waals surface area contributed by atoms with E-state index in [2.05, 4.69) is 217 Å². The van der Waals surface area contributed by atoms with Crippen LogP contribution in [-0.4, -0.2) is 8.07 Å². The lowest BCUT2D eigenvalue weighted by Crippen LogP contribution is -2.74. The largest absolute Gasteiger partial charge is 0.311 e. The predicted octanol–water partition coefficient (Wildman–Crippen LogP) is 9.99. The van der Waals surface area contributed by atoms with Crippen molar-refractivity contribution < 1.29 is 0 Å². The third kappa shape index (κ3) is 4.84. The Labute approximate surface area is 294 Å². The van der Waals surface area contributed by atoms with Gasteiger partial charge in [-0.05, 0) is 89.5 Å². The third-order valence-electron chi connectivity index (χ3n) is 10.2. The number of nitrogens with zero attached hydrogens (tertiary/aromatic N) is 1. The van der Waals surface area contributed by atoms with E-state index in [1.165, 1.54) is 53.1 Å². The number of para-hydroxylation sites is 2. The van der Waals surface area contributed by atoms with Crippen molar-refractivity contribution in [1.29, 1.82) is 0 Å². The molecular weight excluding hydrogens is 619 g/mol. The molecule has 0 radical (unpaired) electrons. The molecule has 236 valence electrons. The average Bonchev–Trinajstić information content (AvgIpc) is 3.21. The van der Waals surface area contributed by atoms with E-state index in [0.29, 0.717) is 0 Å². The van der Waals surface area contributed by atoms with Crippen LogP contribution in [0.15, 0.2) is 212 Å². The second-order valence-corrected chi connectivity index (χ2v) is 16.6. The second-order valence-electron chi connectivity index (χ2n) is 12.9. The smallest absolute Gasteiger partial charge is 0.180 e. The van der Waals surface area contributed by atoms with Crippen molar-refractivity contribution in [3.63, 3.8) is 0 Å². The molecule has 9 rings (SSSR count). The van der Waals surface area contributed by atoms with Gasteiger partial charge in [-0.25, -0.2) is 0 Å². The lowest BCUT2D eigenvalue weighted by atomic mass is 9.94. The Morgan fingerprint density at radius 3 is 1.08 bits per heavy atom. The molecule has 0 spiro atoms. The van der Waals surface area contributed by atoms with E-state index in [0.717, 1.165) is 17.1 Å². The predicted molar refractivity (Wildman–Crippen MR) is 217 cm³/mol. The molecule has 1 nitrogen and oxygen atoms in total.